The second-order valence-corrected chi connectivity index (χ2v) is 7.30. The summed E-state index contributed by atoms with van der Waals surface area (Å²) in [5.41, 5.74) is 1.29. The van der Waals surface area contributed by atoms with Crippen molar-refractivity contribution in [3.63, 3.8) is 0 Å². The van der Waals surface area contributed by atoms with E-state index in [1.165, 1.54) is 0 Å². The molecule has 0 unspecified atom stereocenters. The van der Waals surface area contributed by atoms with E-state index in [0.29, 0.717) is 17.9 Å². The maximum atomic E-state index is 12.5. The van der Waals surface area contributed by atoms with Gasteiger partial charge in [0.25, 0.3) is 5.91 Å². The van der Waals surface area contributed by atoms with Gasteiger partial charge in [-0.1, -0.05) is 12.1 Å². The van der Waals surface area contributed by atoms with Crippen molar-refractivity contribution in [3.8, 4) is 5.75 Å². The van der Waals surface area contributed by atoms with Gasteiger partial charge >= 0.3 is 5.97 Å². The van der Waals surface area contributed by atoms with Crippen molar-refractivity contribution < 1.29 is 19.1 Å². The van der Waals surface area contributed by atoms with E-state index in [9.17, 15) is 9.59 Å². The lowest BCUT2D eigenvalue weighted by atomic mass is 10.2. The zero-order valence-electron chi connectivity index (χ0n) is 16.0. The van der Waals surface area contributed by atoms with Crippen molar-refractivity contribution in [2.24, 2.45) is 0 Å². The highest BCUT2D eigenvalue weighted by atomic mass is 32.1. The Morgan fingerprint density at radius 3 is 2.54 bits per heavy atom. The quantitative estimate of drug-likeness (QED) is 0.561. The topological polar surface area (TPSA) is 68.7 Å². The number of thiazole rings is 1. The van der Waals surface area contributed by atoms with Gasteiger partial charge in [0, 0.05) is 7.05 Å². The van der Waals surface area contributed by atoms with E-state index in [0.717, 1.165) is 15.2 Å². The number of hydrogen-bond donors (Lipinski definition) is 0. The van der Waals surface area contributed by atoms with Gasteiger partial charge in [0.2, 0.25) is 0 Å². The number of carbonyl (C=O) groups is 2. The van der Waals surface area contributed by atoms with Gasteiger partial charge in [-0.15, -0.1) is 11.3 Å². The second kappa shape index (κ2) is 8.84. The van der Waals surface area contributed by atoms with Crippen molar-refractivity contribution in [1.29, 1.82) is 0 Å². The van der Waals surface area contributed by atoms with Crippen LogP contribution < -0.4 is 4.74 Å². The van der Waals surface area contributed by atoms with Crippen molar-refractivity contribution in [3.05, 3.63) is 59.1 Å². The van der Waals surface area contributed by atoms with Crippen LogP contribution in [0.15, 0.2) is 48.5 Å². The Kier molecular flexibility index (Phi) is 6.26. The third kappa shape index (κ3) is 4.48. The minimum absolute atomic E-state index is 0.214. The fourth-order valence-corrected chi connectivity index (χ4v) is 3.68. The molecular weight excluding hydrogens is 376 g/mol. The molecule has 1 atom stereocenters. The third-order valence-electron chi connectivity index (χ3n) is 4.37. The molecular formula is C21H22N2O4S. The van der Waals surface area contributed by atoms with Gasteiger partial charge in [0.1, 0.15) is 10.8 Å². The smallest absolute Gasteiger partial charge is 0.338 e. The minimum Gasteiger partial charge on any atom is -0.494 e. The van der Waals surface area contributed by atoms with Gasteiger partial charge in [0.05, 0.1) is 28.4 Å². The number of benzene rings is 2. The van der Waals surface area contributed by atoms with E-state index in [1.54, 1.807) is 47.5 Å². The molecule has 28 heavy (non-hydrogen) atoms. The van der Waals surface area contributed by atoms with Gasteiger partial charge in [-0.2, -0.15) is 0 Å². The number of ether oxygens (including phenoxy) is 2. The average Bonchev–Trinajstić information content (AvgIpc) is 3.15. The summed E-state index contributed by atoms with van der Waals surface area (Å²) in [6.07, 6.45) is 0. The number of hydrogen-bond acceptors (Lipinski definition) is 6. The van der Waals surface area contributed by atoms with E-state index in [4.69, 9.17) is 9.47 Å². The first-order valence-electron chi connectivity index (χ1n) is 9.00. The van der Waals surface area contributed by atoms with Crippen molar-refractivity contribution >= 4 is 33.4 Å². The maximum absolute atomic E-state index is 12.5. The zero-order valence-corrected chi connectivity index (χ0v) is 16.9. The van der Waals surface area contributed by atoms with Crippen molar-refractivity contribution in [2.75, 3.05) is 20.3 Å². The van der Waals surface area contributed by atoms with Gasteiger partial charge in [-0.05, 0) is 50.2 Å². The molecule has 7 heteroatoms. The summed E-state index contributed by atoms with van der Waals surface area (Å²) in [4.78, 5) is 30.7. The molecule has 0 spiro atoms. The first-order valence-corrected chi connectivity index (χ1v) is 9.82. The lowest BCUT2D eigenvalue weighted by molar-refractivity contribution is -0.135. The molecule has 0 aliphatic heterocycles. The molecule has 1 aromatic heterocycles. The average molecular weight is 398 g/mol. The molecule has 0 bridgehead atoms. The molecule has 0 radical (unpaired) electrons. The Balaban J connectivity index is 1.58. The van der Waals surface area contributed by atoms with Crippen molar-refractivity contribution in [1.82, 2.24) is 9.88 Å². The third-order valence-corrected chi connectivity index (χ3v) is 5.58. The standard InChI is InChI=1S/C21H22N2O4S/c1-4-26-16-11-9-15(10-12-16)21(25)27-13-19(24)23(3)14(2)20-22-17-7-5-6-8-18(17)28-20/h5-12,14H,4,13H2,1-3H3/t14-/m1/s1. The Morgan fingerprint density at radius 1 is 1.14 bits per heavy atom. The SMILES string of the molecule is CCOc1ccc(C(=O)OCC(=O)N(C)[C@H](C)c2nc3ccccc3s2)cc1. The molecule has 1 amide bonds. The highest BCUT2D eigenvalue weighted by molar-refractivity contribution is 7.18. The molecule has 1 heterocycles. The van der Waals surface area contributed by atoms with E-state index >= 15 is 0 Å². The molecule has 2 aromatic carbocycles. The maximum Gasteiger partial charge on any atom is 0.338 e. The largest absolute Gasteiger partial charge is 0.494 e. The first kappa shape index (κ1) is 19.8. The van der Waals surface area contributed by atoms with Crippen LogP contribution in [0.4, 0.5) is 0 Å². The van der Waals surface area contributed by atoms with E-state index < -0.39 is 5.97 Å². The minimum atomic E-state index is -0.544. The zero-order chi connectivity index (χ0) is 20.1. The number of aromatic nitrogens is 1. The Labute approximate surface area is 167 Å². The van der Waals surface area contributed by atoms with Gasteiger partial charge in [0.15, 0.2) is 6.61 Å². The number of nitrogens with zero attached hydrogens (tertiary/aromatic N) is 2. The molecule has 0 fully saturated rings. The van der Waals surface area contributed by atoms with Crippen molar-refractivity contribution in [2.45, 2.75) is 19.9 Å². The van der Waals surface area contributed by atoms with Crippen LogP contribution in [-0.2, 0) is 9.53 Å². The Hall–Kier alpha value is -2.93. The van der Waals surface area contributed by atoms with E-state index in [1.807, 2.05) is 38.1 Å². The number of fused-ring (bicyclic) bond motifs is 1. The highest BCUT2D eigenvalue weighted by Crippen LogP contribution is 2.28. The van der Waals surface area contributed by atoms with Gasteiger partial charge in [-0.3, -0.25) is 4.79 Å². The monoisotopic (exact) mass is 398 g/mol. The van der Waals surface area contributed by atoms with Gasteiger partial charge < -0.3 is 14.4 Å². The van der Waals surface area contributed by atoms with Crippen LogP contribution in [0.1, 0.15) is 35.3 Å². The van der Waals surface area contributed by atoms with Crippen LogP contribution >= 0.6 is 11.3 Å². The van der Waals surface area contributed by atoms with Crippen LogP contribution in [0, 0.1) is 0 Å². The summed E-state index contributed by atoms with van der Waals surface area (Å²) < 4.78 is 11.6. The normalized spacial score (nSPS) is 11.8. The fraction of sp³-hybridized carbons (Fsp3) is 0.286. The number of esters is 1. The van der Waals surface area contributed by atoms with E-state index in [-0.39, 0.29) is 18.6 Å². The van der Waals surface area contributed by atoms with Crippen LogP contribution in [-0.4, -0.2) is 42.0 Å². The molecule has 146 valence electrons. The number of likely N-dealkylation sites (N-methyl/N-ethyl adjacent to an activating group) is 1. The summed E-state index contributed by atoms with van der Waals surface area (Å²) in [6, 6.07) is 14.3. The lowest BCUT2D eigenvalue weighted by Gasteiger charge is -2.23. The summed E-state index contributed by atoms with van der Waals surface area (Å²) in [6.45, 7) is 4.03. The predicted octanol–water partition coefficient (Wildman–Crippen LogP) is 4.07. The molecule has 0 N–H and O–H groups in total. The fourth-order valence-electron chi connectivity index (χ4n) is 2.62. The molecule has 0 aliphatic rings. The number of amides is 1. The molecule has 0 saturated carbocycles. The Bertz CT molecular complexity index is 935. The van der Waals surface area contributed by atoms with Crippen LogP contribution in [0.5, 0.6) is 5.75 Å². The lowest BCUT2D eigenvalue weighted by Crippen LogP contribution is -2.33. The predicted molar refractivity (Wildman–Crippen MR) is 109 cm³/mol. The number of para-hydroxylation sites is 1. The molecule has 0 aliphatic carbocycles. The summed E-state index contributed by atoms with van der Waals surface area (Å²) in [7, 11) is 1.68. The second-order valence-electron chi connectivity index (χ2n) is 6.23. The van der Waals surface area contributed by atoms with Crippen LogP contribution in [0.25, 0.3) is 10.2 Å². The summed E-state index contributed by atoms with van der Waals surface area (Å²) in [5.74, 6) is -0.150. The van der Waals surface area contributed by atoms with Crippen LogP contribution in [0.2, 0.25) is 0 Å². The molecule has 0 saturated heterocycles. The summed E-state index contributed by atoms with van der Waals surface area (Å²) in [5, 5.41) is 0.842. The number of carbonyl (C=O) groups excluding carboxylic acids is 2. The molecule has 6 nitrogen and oxygen atoms in total. The summed E-state index contributed by atoms with van der Waals surface area (Å²) >= 11 is 1.55. The molecule has 3 rings (SSSR count). The van der Waals surface area contributed by atoms with E-state index in [2.05, 4.69) is 4.98 Å². The van der Waals surface area contributed by atoms with Crippen LogP contribution in [0.3, 0.4) is 0 Å². The first-order chi connectivity index (χ1) is 13.5. The van der Waals surface area contributed by atoms with Gasteiger partial charge in [-0.25, -0.2) is 9.78 Å². The Morgan fingerprint density at radius 2 is 1.86 bits per heavy atom. The molecule has 3 aromatic rings. The number of rotatable bonds is 7. The highest BCUT2D eigenvalue weighted by Gasteiger charge is 2.22.